The van der Waals surface area contributed by atoms with Gasteiger partial charge in [0, 0.05) is 12.6 Å². The number of aromatic nitrogens is 2. The van der Waals surface area contributed by atoms with Crippen LogP contribution in [-0.4, -0.2) is 23.3 Å². The topological polar surface area (TPSA) is 47.0 Å². The van der Waals surface area contributed by atoms with Crippen LogP contribution in [-0.2, 0) is 0 Å². The van der Waals surface area contributed by atoms with Gasteiger partial charge in [0.1, 0.15) is 11.6 Å². The van der Waals surface area contributed by atoms with Gasteiger partial charge in [0.15, 0.2) is 0 Å². The molecule has 0 saturated carbocycles. The average molecular weight is 243 g/mol. The summed E-state index contributed by atoms with van der Waals surface area (Å²) in [7, 11) is 1.82. The van der Waals surface area contributed by atoms with Gasteiger partial charge >= 0.3 is 0 Å². The second-order valence-corrected chi connectivity index (χ2v) is 4.25. The fraction of sp³-hybridized carbons (Fsp3) is 0.286. The lowest BCUT2D eigenvalue weighted by atomic mass is 10.1. The minimum absolute atomic E-state index is 0.165. The van der Waals surface area contributed by atoms with Gasteiger partial charge in [-0.15, -0.1) is 10.2 Å². The Labute approximate surface area is 107 Å². The molecule has 0 fully saturated rings. The van der Waals surface area contributed by atoms with E-state index in [1.54, 1.807) is 0 Å². The van der Waals surface area contributed by atoms with Gasteiger partial charge in [0.2, 0.25) is 0 Å². The second kappa shape index (κ2) is 5.49. The molecule has 4 nitrogen and oxygen atoms in total. The van der Waals surface area contributed by atoms with E-state index in [9.17, 15) is 0 Å². The molecule has 0 radical (unpaired) electrons. The molecule has 1 heterocycles. The largest absolute Gasteiger partial charge is 0.491 e. The molecule has 0 bridgehead atoms. The number of nitrogens with zero attached hydrogens (tertiary/aromatic N) is 2. The van der Waals surface area contributed by atoms with Crippen molar-refractivity contribution in [2.24, 2.45) is 0 Å². The van der Waals surface area contributed by atoms with Crippen LogP contribution in [0.2, 0.25) is 0 Å². The molecule has 18 heavy (non-hydrogen) atoms. The molecule has 1 N–H and O–H groups in total. The Morgan fingerprint density at radius 3 is 2.56 bits per heavy atom. The smallest absolute Gasteiger partial charge is 0.148 e. The molecule has 4 heteroatoms. The second-order valence-electron chi connectivity index (χ2n) is 4.25. The number of hydrogen-bond acceptors (Lipinski definition) is 4. The predicted molar refractivity (Wildman–Crippen MR) is 72.8 cm³/mol. The van der Waals surface area contributed by atoms with Crippen LogP contribution in [0.5, 0.6) is 5.75 Å². The first-order chi connectivity index (χ1) is 8.69. The van der Waals surface area contributed by atoms with Crippen LogP contribution in [0.4, 0.5) is 5.82 Å². The minimum atomic E-state index is 0.165. The summed E-state index contributed by atoms with van der Waals surface area (Å²) in [6.45, 7) is 4.02. The number of hydrogen-bond donors (Lipinski definition) is 1. The normalized spacial score (nSPS) is 10.4. The lowest BCUT2D eigenvalue weighted by molar-refractivity contribution is 0.242. The van der Waals surface area contributed by atoms with Crippen LogP contribution in [0.15, 0.2) is 36.4 Å². The summed E-state index contributed by atoms with van der Waals surface area (Å²) < 4.78 is 5.66. The molecule has 0 aliphatic heterocycles. The van der Waals surface area contributed by atoms with Crippen LogP contribution in [0.1, 0.15) is 13.8 Å². The molecular weight excluding hydrogens is 226 g/mol. The molecule has 0 amide bonds. The fourth-order valence-corrected chi connectivity index (χ4v) is 1.62. The first-order valence-corrected chi connectivity index (χ1v) is 5.97. The summed E-state index contributed by atoms with van der Waals surface area (Å²) in [6.07, 6.45) is 0.165. The lowest BCUT2D eigenvalue weighted by Crippen LogP contribution is -2.05. The van der Waals surface area contributed by atoms with E-state index in [4.69, 9.17) is 4.74 Å². The van der Waals surface area contributed by atoms with Gasteiger partial charge < -0.3 is 10.1 Å². The fourth-order valence-electron chi connectivity index (χ4n) is 1.62. The zero-order chi connectivity index (χ0) is 13.0. The Bertz CT molecular complexity index is 509. The molecule has 0 unspecified atom stereocenters. The van der Waals surface area contributed by atoms with Gasteiger partial charge in [0.05, 0.1) is 11.8 Å². The highest BCUT2D eigenvalue weighted by Crippen LogP contribution is 2.22. The number of rotatable bonds is 4. The quantitative estimate of drug-likeness (QED) is 0.896. The Morgan fingerprint density at radius 2 is 1.94 bits per heavy atom. The average Bonchev–Trinajstić information content (AvgIpc) is 2.38. The van der Waals surface area contributed by atoms with Crippen molar-refractivity contribution in [3.63, 3.8) is 0 Å². The van der Waals surface area contributed by atoms with Crippen molar-refractivity contribution < 1.29 is 4.74 Å². The molecule has 2 rings (SSSR count). The molecule has 0 saturated heterocycles. The standard InChI is InChI=1S/C14H17N3O/c1-10(2)18-12-6-4-5-11(9-12)13-7-8-14(15-3)17-16-13/h4-10H,1-3H3,(H,15,17). The first kappa shape index (κ1) is 12.4. The molecule has 0 aliphatic rings. The van der Waals surface area contributed by atoms with Crippen LogP contribution in [0.3, 0.4) is 0 Å². The highest BCUT2D eigenvalue weighted by molar-refractivity contribution is 5.61. The Balaban J connectivity index is 2.26. The van der Waals surface area contributed by atoms with E-state index in [0.29, 0.717) is 0 Å². The van der Waals surface area contributed by atoms with Crippen LogP contribution in [0, 0.1) is 0 Å². The molecule has 1 aromatic carbocycles. The van der Waals surface area contributed by atoms with Crippen molar-refractivity contribution in [2.75, 3.05) is 12.4 Å². The van der Waals surface area contributed by atoms with E-state index in [-0.39, 0.29) is 6.10 Å². The zero-order valence-electron chi connectivity index (χ0n) is 10.8. The van der Waals surface area contributed by atoms with Crippen molar-refractivity contribution in [2.45, 2.75) is 20.0 Å². The van der Waals surface area contributed by atoms with Crippen molar-refractivity contribution in [3.05, 3.63) is 36.4 Å². The van der Waals surface area contributed by atoms with E-state index < -0.39 is 0 Å². The third-order valence-corrected chi connectivity index (χ3v) is 2.42. The molecule has 0 atom stereocenters. The van der Waals surface area contributed by atoms with Gasteiger partial charge in [-0.25, -0.2) is 0 Å². The predicted octanol–water partition coefficient (Wildman–Crippen LogP) is 2.97. The van der Waals surface area contributed by atoms with E-state index in [0.717, 1.165) is 22.8 Å². The van der Waals surface area contributed by atoms with Crippen molar-refractivity contribution in [1.82, 2.24) is 10.2 Å². The zero-order valence-corrected chi connectivity index (χ0v) is 10.8. The highest BCUT2D eigenvalue weighted by Gasteiger charge is 2.03. The maximum atomic E-state index is 5.66. The van der Waals surface area contributed by atoms with Crippen LogP contribution < -0.4 is 10.1 Å². The molecule has 94 valence electrons. The number of anilines is 1. The monoisotopic (exact) mass is 243 g/mol. The molecule has 0 aliphatic carbocycles. The molecule has 2 aromatic rings. The molecule has 0 spiro atoms. The number of ether oxygens (including phenoxy) is 1. The summed E-state index contributed by atoms with van der Waals surface area (Å²) in [4.78, 5) is 0. The van der Waals surface area contributed by atoms with Gasteiger partial charge in [-0.3, -0.25) is 0 Å². The van der Waals surface area contributed by atoms with E-state index in [1.807, 2.05) is 57.3 Å². The van der Waals surface area contributed by atoms with Crippen molar-refractivity contribution >= 4 is 5.82 Å². The Hall–Kier alpha value is -2.10. The number of benzene rings is 1. The van der Waals surface area contributed by atoms with Gasteiger partial charge in [0.25, 0.3) is 0 Å². The Kier molecular flexibility index (Phi) is 3.77. The van der Waals surface area contributed by atoms with Crippen molar-refractivity contribution in [3.8, 4) is 17.0 Å². The number of nitrogens with one attached hydrogen (secondary N) is 1. The minimum Gasteiger partial charge on any atom is -0.491 e. The van der Waals surface area contributed by atoms with Crippen LogP contribution >= 0.6 is 0 Å². The van der Waals surface area contributed by atoms with Crippen LogP contribution in [0.25, 0.3) is 11.3 Å². The van der Waals surface area contributed by atoms with Crippen molar-refractivity contribution in [1.29, 1.82) is 0 Å². The Morgan fingerprint density at radius 1 is 1.11 bits per heavy atom. The third kappa shape index (κ3) is 2.97. The maximum absolute atomic E-state index is 5.66. The van der Waals surface area contributed by atoms with E-state index >= 15 is 0 Å². The highest BCUT2D eigenvalue weighted by atomic mass is 16.5. The summed E-state index contributed by atoms with van der Waals surface area (Å²) >= 11 is 0. The molecule has 1 aromatic heterocycles. The first-order valence-electron chi connectivity index (χ1n) is 5.97. The molecular formula is C14H17N3O. The summed E-state index contributed by atoms with van der Waals surface area (Å²) in [5.74, 6) is 1.61. The summed E-state index contributed by atoms with van der Waals surface area (Å²) in [6, 6.07) is 11.7. The lowest BCUT2D eigenvalue weighted by Gasteiger charge is -2.10. The van der Waals surface area contributed by atoms with Gasteiger partial charge in [-0.05, 0) is 38.1 Å². The van der Waals surface area contributed by atoms with Gasteiger partial charge in [-0.1, -0.05) is 12.1 Å². The maximum Gasteiger partial charge on any atom is 0.148 e. The summed E-state index contributed by atoms with van der Waals surface area (Å²) in [5, 5.41) is 11.2. The summed E-state index contributed by atoms with van der Waals surface area (Å²) in [5.41, 5.74) is 1.84. The van der Waals surface area contributed by atoms with E-state index in [2.05, 4.69) is 15.5 Å². The van der Waals surface area contributed by atoms with Gasteiger partial charge in [-0.2, -0.15) is 0 Å². The van der Waals surface area contributed by atoms with E-state index in [1.165, 1.54) is 0 Å². The third-order valence-electron chi connectivity index (χ3n) is 2.42. The SMILES string of the molecule is CNc1ccc(-c2cccc(OC(C)C)c2)nn1.